The van der Waals surface area contributed by atoms with E-state index in [0.29, 0.717) is 5.92 Å². The maximum absolute atomic E-state index is 2.41. The molecule has 1 heterocycles. The van der Waals surface area contributed by atoms with Gasteiger partial charge in [-0.1, -0.05) is 257 Å². The summed E-state index contributed by atoms with van der Waals surface area (Å²) >= 11 is 0. The maximum atomic E-state index is 2.41. The van der Waals surface area contributed by atoms with Gasteiger partial charge in [-0.3, -0.25) is 0 Å². The molecule has 352 valence electrons. The average Bonchev–Trinajstić information content (AvgIpc) is 3.80. The van der Waals surface area contributed by atoms with Gasteiger partial charge in [0.25, 0.3) is 0 Å². The summed E-state index contributed by atoms with van der Waals surface area (Å²) in [7, 11) is 0. The van der Waals surface area contributed by atoms with Gasteiger partial charge in [-0.25, -0.2) is 0 Å². The van der Waals surface area contributed by atoms with Gasteiger partial charge in [-0.15, -0.1) is 0 Å². The van der Waals surface area contributed by atoms with E-state index in [-0.39, 0.29) is 0 Å². The van der Waals surface area contributed by atoms with Crippen molar-refractivity contribution in [3.8, 4) is 83.6 Å². The van der Waals surface area contributed by atoms with E-state index in [1.807, 2.05) is 0 Å². The minimum Gasteiger partial charge on any atom is -0.309 e. The molecular formula is C72H59N. The van der Waals surface area contributed by atoms with E-state index in [2.05, 4.69) is 299 Å². The first-order valence-corrected chi connectivity index (χ1v) is 25.7. The standard InChI is InChI=1S/C58H45N.C14H14/c1-3-40(2)41-32-34-46(35-33-41)57-55(44-24-12-6-13-25-44)53(42-20-8-4-9-21-42)54(43-22-10-5-11-23-43)56(45-26-14-7-15-27-45)58(57)47-36-38-48(39-37-47)59-51-30-18-16-28-49(51)50-29-17-19-31-52(50)59;1-11-7-3-5-9-13(11)14-10-6-4-8-12(14)2/h4-40H,3H2,1-2H3;3-10H,1-2H3. The molecule has 0 fully saturated rings. The predicted octanol–water partition coefficient (Wildman–Crippen LogP) is 20.3. The van der Waals surface area contributed by atoms with E-state index in [1.165, 1.54) is 116 Å². The van der Waals surface area contributed by atoms with Crippen LogP contribution in [0.15, 0.2) is 267 Å². The third kappa shape index (κ3) is 9.12. The molecule has 0 bridgehead atoms. The fourth-order valence-corrected chi connectivity index (χ4v) is 10.8. The van der Waals surface area contributed by atoms with E-state index in [9.17, 15) is 0 Å². The Balaban J connectivity index is 0.000000354. The summed E-state index contributed by atoms with van der Waals surface area (Å²) in [5.41, 5.74) is 24.7. The molecule has 0 saturated heterocycles. The highest BCUT2D eigenvalue weighted by Crippen LogP contribution is 2.56. The third-order valence-electron chi connectivity index (χ3n) is 14.7. The minimum atomic E-state index is 0.478. The Labute approximate surface area is 431 Å². The van der Waals surface area contributed by atoms with Crippen molar-refractivity contribution in [1.29, 1.82) is 0 Å². The first-order chi connectivity index (χ1) is 36.0. The molecule has 1 unspecified atom stereocenters. The second-order valence-corrected chi connectivity index (χ2v) is 19.2. The molecule has 0 N–H and O–H groups in total. The molecule has 12 aromatic rings. The Kier molecular flexibility index (Phi) is 13.3. The van der Waals surface area contributed by atoms with E-state index >= 15 is 0 Å². The lowest BCUT2D eigenvalue weighted by atomic mass is 9.74. The number of hydrogen-bond donors (Lipinski definition) is 0. The topological polar surface area (TPSA) is 4.93 Å². The lowest BCUT2D eigenvalue weighted by molar-refractivity contribution is 0.734. The molecule has 0 aliphatic carbocycles. The van der Waals surface area contributed by atoms with Crippen molar-refractivity contribution in [3.05, 3.63) is 284 Å². The summed E-state index contributed by atoms with van der Waals surface area (Å²) in [6.45, 7) is 8.90. The molecular weight excluding hydrogens is 879 g/mol. The number of nitrogens with zero attached hydrogens (tertiary/aromatic N) is 1. The zero-order valence-corrected chi connectivity index (χ0v) is 42.1. The zero-order chi connectivity index (χ0) is 49.7. The summed E-state index contributed by atoms with van der Waals surface area (Å²) in [4.78, 5) is 0. The lowest BCUT2D eigenvalue weighted by Gasteiger charge is -2.29. The van der Waals surface area contributed by atoms with Crippen molar-refractivity contribution in [3.63, 3.8) is 0 Å². The summed E-state index contributed by atoms with van der Waals surface area (Å²) in [5, 5.41) is 2.52. The Hall–Kier alpha value is -8.78. The number of hydrogen-bond acceptors (Lipinski definition) is 0. The highest BCUT2D eigenvalue weighted by Gasteiger charge is 2.29. The largest absolute Gasteiger partial charge is 0.309 e. The SMILES string of the molecule is CCC(C)c1ccc(-c2c(-c3ccccc3)c(-c3ccccc3)c(-c3ccccc3)c(-c3ccccc3)c2-c2ccc(-n3c4ccccc4c4ccccc43)cc2)cc1.Cc1ccccc1-c1ccccc1C. The van der Waals surface area contributed by atoms with Gasteiger partial charge >= 0.3 is 0 Å². The van der Waals surface area contributed by atoms with Gasteiger partial charge in [0.05, 0.1) is 11.0 Å². The summed E-state index contributed by atoms with van der Waals surface area (Å²) in [5.74, 6) is 0.478. The minimum absolute atomic E-state index is 0.478. The van der Waals surface area contributed by atoms with Crippen molar-refractivity contribution in [2.75, 3.05) is 0 Å². The highest BCUT2D eigenvalue weighted by atomic mass is 15.0. The van der Waals surface area contributed by atoms with E-state index < -0.39 is 0 Å². The normalized spacial score (nSPS) is 11.6. The maximum Gasteiger partial charge on any atom is 0.0541 e. The van der Waals surface area contributed by atoms with Crippen LogP contribution in [-0.4, -0.2) is 4.57 Å². The van der Waals surface area contributed by atoms with Gasteiger partial charge in [-0.2, -0.15) is 0 Å². The molecule has 1 atom stereocenters. The average molecular weight is 938 g/mol. The Bertz CT molecular complexity index is 3710. The van der Waals surface area contributed by atoms with Gasteiger partial charge in [-0.05, 0) is 145 Å². The van der Waals surface area contributed by atoms with Crippen LogP contribution < -0.4 is 0 Å². The van der Waals surface area contributed by atoms with Crippen molar-refractivity contribution < 1.29 is 0 Å². The predicted molar refractivity (Wildman–Crippen MR) is 313 cm³/mol. The molecule has 0 radical (unpaired) electrons. The molecule has 0 saturated carbocycles. The number of benzene rings is 11. The lowest BCUT2D eigenvalue weighted by Crippen LogP contribution is -2.02. The molecule has 1 aromatic heterocycles. The summed E-state index contributed by atoms with van der Waals surface area (Å²) < 4.78 is 2.41. The van der Waals surface area contributed by atoms with Crippen molar-refractivity contribution in [2.45, 2.75) is 40.0 Å². The first kappa shape index (κ1) is 46.6. The monoisotopic (exact) mass is 937 g/mol. The fourth-order valence-electron chi connectivity index (χ4n) is 10.8. The van der Waals surface area contributed by atoms with Crippen LogP contribution in [0, 0.1) is 13.8 Å². The van der Waals surface area contributed by atoms with Gasteiger partial charge < -0.3 is 4.57 Å². The molecule has 0 aliphatic rings. The zero-order valence-electron chi connectivity index (χ0n) is 42.1. The van der Waals surface area contributed by atoms with Crippen molar-refractivity contribution in [1.82, 2.24) is 4.57 Å². The van der Waals surface area contributed by atoms with Crippen LogP contribution in [0.5, 0.6) is 0 Å². The first-order valence-electron chi connectivity index (χ1n) is 25.7. The number of rotatable bonds is 10. The Morgan fingerprint density at radius 2 is 0.589 bits per heavy atom. The van der Waals surface area contributed by atoms with Crippen LogP contribution in [0.4, 0.5) is 0 Å². The number of aryl methyl sites for hydroxylation is 2. The van der Waals surface area contributed by atoms with Crippen molar-refractivity contribution in [2.24, 2.45) is 0 Å². The van der Waals surface area contributed by atoms with Crippen LogP contribution in [0.25, 0.3) is 105 Å². The second kappa shape index (κ2) is 20.9. The Morgan fingerprint density at radius 3 is 0.932 bits per heavy atom. The van der Waals surface area contributed by atoms with Crippen LogP contribution in [0.2, 0.25) is 0 Å². The molecule has 1 nitrogen and oxygen atoms in total. The third-order valence-corrected chi connectivity index (χ3v) is 14.7. The Morgan fingerprint density at radius 1 is 0.301 bits per heavy atom. The smallest absolute Gasteiger partial charge is 0.0541 e. The fraction of sp³-hybridized carbons (Fsp3) is 0.0833. The number of para-hydroxylation sites is 2. The molecule has 0 aliphatic heterocycles. The quantitative estimate of drug-likeness (QED) is 0.129. The van der Waals surface area contributed by atoms with Crippen LogP contribution in [0.3, 0.4) is 0 Å². The van der Waals surface area contributed by atoms with Gasteiger partial charge in [0, 0.05) is 16.5 Å². The molecule has 0 amide bonds. The van der Waals surface area contributed by atoms with Gasteiger partial charge in [0.15, 0.2) is 0 Å². The molecule has 11 aromatic carbocycles. The van der Waals surface area contributed by atoms with Crippen molar-refractivity contribution >= 4 is 21.8 Å². The summed E-state index contributed by atoms with van der Waals surface area (Å²) in [6.07, 6.45) is 1.10. The van der Waals surface area contributed by atoms with Gasteiger partial charge in [0.1, 0.15) is 0 Å². The van der Waals surface area contributed by atoms with E-state index in [0.717, 1.165) is 12.1 Å². The van der Waals surface area contributed by atoms with Crippen LogP contribution in [-0.2, 0) is 0 Å². The molecule has 1 heteroatoms. The highest BCUT2D eigenvalue weighted by molar-refractivity contribution is 6.15. The van der Waals surface area contributed by atoms with E-state index in [4.69, 9.17) is 0 Å². The number of fused-ring (bicyclic) bond motifs is 3. The van der Waals surface area contributed by atoms with Crippen LogP contribution in [0.1, 0.15) is 42.9 Å². The summed E-state index contributed by atoms with van der Waals surface area (Å²) in [6, 6.07) is 97.4. The second-order valence-electron chi connectivity index (χ2n) is 19.2. The van der Waals surface area contributed by atoms with E-state index in [1.54, 1.807) is 0 Å². The molecule has 0 spiro atoms. The van der Waals surface area contributed by atoms with Crippen LogP contribution >= 0.6 is 0 Å². The molecule has 73 heavy (non-hydrogen) atoms. The molecule has 12 rings (SSSR count). The van der Waals surface area contributed by atoms with Gasteiger partial charge in [0.2, 0.25) is 0 Å². The number of aromatic nitrogens is 1.